The molecule has 0 saturated heterocycles. The fraction of sp³-hybridized carbons (Fsp3) is 0.462. The first-order valence-electron chi connectivity index (χ1n) is 6.32. The molecule has 0 aromatic carbocycles. The zero-order valence-corrected chi connectivity index (χ0v) is 11.1. The third-order valence-electron chi connectivity index (χ3n) is 2.86. The number of pyridine rings is 1. The number of nitrogens with two attached hydrogens (primary N) is 1. The Bertz CT molecular complexity index is 513. The smallest absolute Gasteiger partial charge is 0.155 e. The quantitative estimate of drug-likeness (QED) is 0.891. The lowest BCUT2D eigenvalue weighted by molar-refractivity contribution is 0.759. The van der Waals surface area contributed by atoms with Crippen LogP contribution in [0.3, 0.4) is 0 Å². The fourth-order valence-electron chi connectivity index (χ4n) is 1.75. The van der Waals surface area contributed by atoms with Crippen LogP contribution in [0.4, 0.5) is 0 Å². The van der Waals surface area contributed by atoms with Crippen molar-refractivity contribution in [1.82, 2.24) is 19.7 Å². The fourth-order valence-corrected chi connectivity index (χ4v) is 1.75. The summed E-state index contributed by atoms with van der Waals surface area (Å²) in [6.45, 7) is 6.06. The van der Waals surface area contributed by atoms with E-state index in [9.17, 15) is 0 Å². The van der Waals surface area contributed by atoms with E-state index >= 15 is 0 Å². The molecule has 0 fully saturated rings. The van der Waals surface area contributed by atoms with Gasteiger partial charge in [-0.25, -0.2) is 9.97 Å². The molecule has 5 nitrogen and oxygen atoms in total. The molecule has 18 heavy (non-hydrogen) atoms. The highest BCUT2D eigenvalue weighted by atomic mass is 15.4. The molecule has 0 amide bonds. The number of nitrogens with zero attached hydrogens (tertiary/aromatic N) is 4. The van der Waals surface area contributed by atoms with Crippen LogP contribution in [0.5, 0.6) is 0 Å². The summed E-state index contributed by atoms with van der Waals surface area (Å²) in [4.78, 5) is 8.88. The van der Waals surface area contributed by atoms with Crippen molar-refractivity contribution in [1.29, 1.82) is 0 Å². The average molecular weight is 245 g/mol. The van der Waals surface area contributed by atoms with Crippen LogP contribution in [-0.2, 0) is 12.8 Å². The molecule has 2 heterocycles. The third-order valence-corrected chi connectivity index (χ3v) is 2.86. The summed E-state index contributed by atoms with van der Waals surface area (Å²) in [6.07, 6.45) is 3.47. The Labute approximate surface area is 107 Å². The number of hydrogen-bond donors (Lipinski definition) is 1. The van der Waals surface area contributed by atoms with E-state index in [-0.39, 0.29) is 6.04 Å². The normalized spacial score (nSPS) is 12.7. The van der Waals surface area contributed by atoms with Gasteiger partial charge < -0.3 is 5.73 Å². The van der Waals surface area contributed by atoms with Gasteiger partial charge in [-0.15, -0.1) is 5.10 Å². The van der Waals surface area contributed by atoms with E-state index in [1.165, 1.54) is 0 Å². The van der Waals surface area contributed by atoms with Crippen molar-refractivity contribution >= 4 is 0 Å². The van der Waals surface area contributed by atoms with Crippen LogP contribution in [-0.4, -0.2) is 19.7 Å². The van der Waals surface area contributed by atoms with Crippen LogP contribution < -0.4 is 5.73 Å². The standard InChI is InChI=1S/C13H19N5/c1-4-11-16-12(5-2)18(17-11)13-7-6-10(8-15-13)9(3)14/h6-9H,4-5,14H2,1-3H3/t9-/m1/s1. The Morgan fingerprint density at radius 3 is 2.56 bits per heavy atom. The lowest BCUT2D eigenvalue weighted by Gasteiger charge is -2.07. The lowest BCUT2D eigenvalue weighted by atomic mass is 10.1. The molecule has 0 aliphatic heterocycles. The minimum absolute atomic E-state index is 0.000792. The number of aryl methyl sites for hydroxylation is 2. The van der Waals surface area contributed by atoms with Crippen LogP contribution in [0.15, 0.2) is 18.3 Å². The summed E-state index contributed by atoms with van der Waals surface area (Å²) < 4.78 is 1.81. The van der Waals surface area contributed by atoms with Gasteiger partial charge in [-0.05, 0) is 18.6 Å². The van der Waals surface area contributed by atoms with Crippen molar-refractivity contribution in [2.75, 3.05) is 0 Å². The zero-order valence-electron chi connectivity index (χ0n) is 11.1. The van der Waals surface area contributed by atoms with Crippen molar-refractivity contribution in [3.05, 3.63) is 35.5 Å². The van der Waals surface area contributed by atoms with Gasteiger partial charge in [0, 0.05) is 25.1 Å². The molecule has 2 aromatic rings. The van der Waals surface area contributed by atoms with E-state index < -0.39 is 0 Å². The maximum absolute atomic E-state index is 5.81. The van der Waals surface area contributed by atoms with E-state index in [0.717, 1.165) is 35.9 Å². The van der Waals surface area contributed by atoms with Crippen molar-refractivity contribution in [2.24, 2.45) is 5.73 Å². The molecule has 2 N–H and O–H groups in total. The van der Waals surface area contributed by atoms with Crippen LogP contribution in [0.1, 0.15) is 44.0 Å². The summed E-state index contributed by atoms with van der Waals surface area (Å²) in [6, 6.07) is 3.92. The van der Waals surface area contributed by atoms with Gasteiger partial charge in [-0.1, -0.05) is 19.9 Å². The molecule has 0 radical (unpaired) electrons. The molecule has 2 aromatic heterocycles. The van der Waals surface area contributed by atoms with E-state index in [0.29, 0.717) is 0 Å². The predicted molar refractivity (Wildman–Crippen MR) is 70.5 cm³/mol. The molecular weight excluding hydrogens is 226 g/mol. The van der Waals surface area contributed by atoms with Crippen LogP contribution >= 0.6 is 0 Å². The Morgan fingerprint density at radius 2 is 2.06 bits per heavy atom. The molecule has 0 aliphatic carbocycles. The van der Waals surface area contributed by atoms with Crippen molar-refractivity contribution < 1.29 is 0 Å². The van der Waals surface area contributed by atoms with Crippen molar-refractivity contribution in [2.45, 2.75) is 39.7 Å². The molecule has 5 heteroatoms. The zero-order chi connectivity index (χ0) is 13.1. The first-order valence-corrected chi connectivity index (χ1v) is 6.32. The molecule has 0 spiro atoms. The average Bonchev–Trinajstić information content (AvgIpc) is 2.82. The van der Waals surface area contributed by atoms with E-state index in [1.807, 2.05) is 30.7 Å². The second kappa shape index (κ2) is 5.27. The molecule has 0 bridgehead atoms. The van der Waals surface area contributed by atoms with E-state index in [4.69, 9.17) is 5.73 Å². The Hall–Kier alpha value is -1.75. The van der Waals surface area contributed by atoms with Crippen molar-refractivity contribution in [3.8, 4) is 5.82 Å². The lowest BCUT2D eigenvalue weighted by Crippen LogP contribution is -2.08. The van der Waals surface area contributed by atoms with Gasteiger partial charge in [-0.3, -0.25) is 0 Å². The van der Waals surface area contributed by atoms with Crippen LogP contribution in [0, 0.1) is 0 Å². The van der Waals surface area contributed by atoms with Gasteiger partial charge >= 0.3 is 0 Å². The Balaban J connectivity index is 2.38. The van der Waals surface area contributed by atoms with Gasteiger partial charge in [-0.2, -0.15) is 4.68 Å². The number of hydrogen-bond acceptors (Lipinski definition) is 4. The maximum Gasteiger partial charge on any atom is 0.155 e. The summed E-state index contributed by atoms with van der Waals surface area (Å²) in [7, 11) is 0. The monoisotopic (exact) mass is 245 g/mol. The summed E-state index contributed by atoms with van der Waals surface area (Å²) in [5.74, 6) is 2.58. The second-order valence-corrected chi connectivity index (χ2v) is 4.30. The SMILES string of the molecule is CCc1nc(CC)n(-c2ccc([C@@H](C)N)cn2)n1. The molecule has 2 rings (SSSR count). The molecular formula is C13H19N5. The highest BCUT2D eigenvalue weighted by Gasteiger charge is 2.10. The third kappa shape index (κ3) is 2.41. The van der Waals surface area contributed by atoms with Crippen LogP contribution in [0.25, 0.3) is 5.82 Å². The maximum atomic E-state index is 5.81. The highest BCUT2D eigenvalue weighted by Crippen LogP contribution is 2.12. The van der Waals surface area contributed by atoms with E-state index in [2.05, 4.69) is 22.0 Å². The first kappa shape index (κ1) is 12.7. The Kier molecular flexibility index (Phi) is 3.72. The minimum atomic E-state index is -0.000792. The second-order valence-electron chi connectivity index (χ2n) is 4.30. The highest BCUT2D eigenvalue weighted by molar-refractivity contribution is 5.27. The van der Waals surface area contributed by atoms with E-state index in [1.54, 1.807) is 6.20 Å². The largest absolute Gasteiger partial charge is 0.324 e. The molecule has 0 unspecified atom stereocenters. The van der Waals surface area contributed by atoms with Gasteiger partial charge in [0.15, 0.2) is 11.6 Å². The minimum Gasteiger partial charge on any atom is -0.324 e. The first-order chi connectivity index (χ1) is 8.65. The summed E-state index contributed by atoms with van der Waals surface area (Å²) in [5, 5.41) is 4.46. The summed E-state index contributed by atoms with van der Waals surface area (Å²) in [5.41, 5.74) is 6.83. The van der Waals surface area contributed by atoms with Crippen LogP contribution in [0.2, 0.25) is 0 Å². The molecule has 1 atom stereocenters. The molecule has 96 valence electrons. The Morgan fingerprint density at radius 1 is 1.28 bits per heavy atom. The van der Waals surface area contributed by atoms with Gasteiger partial charge in [0.1, 0.15) is 5.82 Å². The summed E-state index contributed by atoms with van der Waals surface area (Å²) >= 11 is 0. The van der Waals surface area contributed by atoms with Gasteiger partial charge in [0.25, 0.3) is 0 Å². The molecule has 0 aliphatic rings. The number of aromatic nitrogens is 4. The van der Waals surface area contributed by atoms with Crippen molar-refractivity contribution in [3.63, 3.8) is 0 Å². The predicted octanol–water partition coefficient (Wildman–Crippen LogP) is 1.81. The number of rotatable bonds is 4. The topological polar surface area (TPSA) is 69.6 Å². The van der Waals surface area contributed by atoms with Gasteiger partial charge in [0.05, 0.1) is 0 Å². The van der Waals surface area contributed by atoms with Gasteiger partial charge in [0.2, 0.25) is 0 Å². The molecule has 0 saturated carbocycles.